The number of carbonyl (C=O) groups is 2. The van der Waals surface area contributed by atoms with Gasteiger partial charge in [0.25, 0.3) is 0 Å². The molecule has 0 aliphatic carbocycles. The van der Waals surface area contributed by atoms with E-state index in [2.05, 4.69) is 15.0 Å². The van der Waals surface area contributed by atoms with Crippen LogP contribution in [0.4, 0.5) is 5.13 Å². The highest BCUT2D eigenvalue weighted by Crippen LogP contribution is 2.22. The molecule has 1 aromatic rings. The summed E-state index contributed by atoms with van der Waals surface area (Å²) < 4.78 is 9.76. The topological polar surface area (TPSA) is 77.5 Å². The Labute approximate surface area is 116 Å². The second kappa shape index (κ2) is 6.01. The van der Waals surface area contributed by atoms with Gasteiger partial charge >= 0.3 is 11.9 Å². The van der Waals surface area contributed by atoms with Crippen LogP contribution in [0.1, 0.15) is 36.1 Å². The molecule has 0 fully saturated rings. The van der Waals surface area contributed by atoms with E-state index in [4.69, 9.17) is 4.74 Å². The van der Waals surface area contributed by atoms with Crippen molar-refractivity contribution in [3.05, 3.63) is 10.6 Å². The first kappa shape index (κ1) is 15.4. The van der Waals surface area contributed by atoms with Crippen LogP contribution in [0.2, 0.25) is 0 Å². The summed E-state index contributed by atoms with van der Waals surface area (Å²) in [4.78, 5) is 27.7. The maximum absolute atomic E-state index is 11.5. The van der Waals surface area contributed by atoms with Gasteiger partial charge in [-0.05, 0) is 27.7 Å². The third-order valence-electron chi connectivity index (χ3n) is 1.98. The molecule has 0 radical (unpaired) electrons. The third kappa shape index (κ3) is 4.86. The number of aryl methyl sites for hydroxylation is 1. The maximum atomic E-state index is 11.5. The predicted octanol–water partition coefficient (Wildman–Crippen LogP) is 1.99. The molecule has 1 aromatic heterocycles. The fourth-order valence-corrected chi connectivity index (χ4v) is 2.08. The number of anilines is 1. The molecule has 0 spiro atoms. The Kier molecular flexibility index (Phi) is 4.88. The quantitative estimate of drug-likeness (QED) is 0.853. The molecule has 1 N–H and O–H groups in total. The van der Waals surface area contributed by atoms with E-state index in [-0.39, 0.29) is 18.2 Å². The van der Waals surface area contributed by atoms with Gasteiger partial charge in [-0.15, -0.1) is 11.3 Å². The fourth-order valence-electron chi connectivity index (χ4n) is 1.28. The van der Waals surface area contributed by atoms with Crippen LogP contribution in [-0.2, 0) is 14.3 Å². The third-order valence-corrected chi connectivity index (χ3v) is 2.91. The number of carbonyl (C=O) groups excluding carboxylic acids is 2. The van der Waals surface area contributed by atoms with E-state index in [0.29, 0.717) is 5.13 Å². The standard InChI is InChI=1S/C12H18N2O4S/c1-7-9(10(16)17-5)14-11(19-7)13-6-8(15)18-12(2,3)4/h6H2,1-5H3,(H,13,14). The van der Waals surface area contributed by atoms with Gasteiger partial charge in [-0.1, -0.05) is 0 Å². The lowest BCUT2D eigenvalue weighted by atomic mass is 10.2. The lowest BCUT2D eigenvalue weighted by molar-refractivity contribution is -0.152. The summed E-state index contributed by atoms with van der Waals surface area (Å²) in [5.74, 6) is -0.862. The van der Waals surface area contributed by atoms with Gasteiger partial charge in [0.15, 0.2) is 10.8 Å². The Balaban J connectivity index is 2.60. The van der Waals surface area contributed by atoms with Crippen LogP contribution in [0.5, 0.6) is 0 Å². The predicted molar refractivity (Wildman–Crippen MR) is 72.5 cm³/mol. The average molecular weight is 286 g/mol. The van der Waals surface area contributed by atoms with Crippen molar-refractivity contribution in [1.29, 1.82) is 0 Å². The molecule has 19 heavy (non-hydrogen) atoms. The summed E-state index contributed by atoms with van der Waals surface area (Å²) in [6.45, 7) is 7.17. The van der Waals surface area contributed by atoms with E-state index in [9.17, 15) is 9.59 Å². The van der Waals surface area contributed by atoms with Gasteiger partial charge in [0.1, 0.15) is 12.1 Å². The van der Waals surface area contributed by atoms with Crippen molar-refractivity contribution in [2.75, 3.05) is 19.0 Å². The number of ether oxygens (including phenoxy) is 2. The molecule has 0 aromatic carbocycles. The molecule has 0 saturated heterocycles. The molecule has 0 bridgehead atoms. The second-order valence-corrected chi connectivity index (χ2v) is 6.06. The minimum Gasteiger partial charge on any atom is -0.464 e. The summed E-state index contributed by atoms with van der Waals surface area (Å²) in [6.07, 6.45) is 0. The van der Waals surface area contributed by atoms with Crippen molar-refractivity contribution in [2.24, 2.45) is 0 Å². The van der Waals surface area contributed by atoms with Crippen LogP contribution in [0.15, 0.2) is 0 Å². The fraction of sp³-hybridized carbons (Fsp3) is 0.583. The lowest BCUT2D eigenvalue weighted by Crippen LogP contribution is -2.28. The highest BCUT2D eigenvalue weighted by Gasteiger charge is 2.18. The molecule has 1 heterocycles. The van der Waals surface area contributed by atoms with E-state index < -0.39 is 11.6 Å². The Bertz CT molecular complexity index is 477. The van der Waals surface area contributed by atoms with Gasteiger partial charge in [0.05, 0.1) is 7.11 Å². The van der Waals surface area contributed by atoms with Crippen LogP contribution < -0.4 is 5.32 Å². The summed E-state index contributed by atoms with van der Waals surface area (Å²) in [5, 5.41) is 3.32. The van der Waals surface area contributed by atoms with Gasteiger partial charge < -0.3 is 14.8 Å². The normalized spacial score (nSPS) is 11.0. The monoisotopic (exact) mass is 286 g/mol. The van der Waals surface area contributed by atoms with Crippen molar-refractivity contribution in [1.82, 2.24) is 4.98 Å². The number of aromatic nitrogens is 1. The van der Waals surface area contributed by atoms with Crippen LogP contribution in [0.25, 0.3) is 0 Å². The largest absolute Gasteiger partial charge is 0.464 e. The van der Waals surface area contributed by atoms with Gasteiger partial charge in [-0.3, -0.25) is 4.79 Å². The zero-order chi connectivity index (χ0) is 14.6. The Hall–Kier alpha value is -1.63. The number of rotatable bonds is 4. The molecule has 0 aliphatic heterocycles. The summed E-state index contributed by atoms with van der Waals surface area (Å²) >= 11 is 1.29. The van der Waals surface area contributed by atoms with E-state index in [1.807, 2.05) is 0 Å². The molecular weight excluding hydrogens is 268 g/mol. The van der Waals surface area contributed by atoms with Gasteiger partial charge in [0.2, 0.25) is 0 Å². The van der Waals surface area contributed by atoms with Crippen molar-refractivity contribution < 1.29 is 19.1 Å². The molecule has 7 heteroatoms. The van der Waals surface area contributed by atoms with Crippen LogP contribution in [0.3, 0.4) is 0 Å². The van der Waals surface area contributed by atoms with Crippen LogP contribution in [0, 0.1) is 6.92 Å². The molecule has 1 rings (SSSR count). The number of nitrogens with zero attached hydrogens (tertiary/aromatic N) is 1. The highest BCUT2D eigenvalue weighted by molar-refractivity contribution is 7.15. The zero-order valence-corrected chi connectivity index (χ0v) is 12.5. The van der Waals surface area contributed by atoms with E-state index in [0.717, 1.165) is 4.88 Å². The van der Waals surface area contributed by atoms with Crippen LogP contribution >= 0.6 is 11.3 Å². The molecule has 0 saturated carbocycles. The van der Waals surface area contributed by atoms with E-state index >= 15 is 0 Å². The van der Waals surface area contributed by atoms with E-state index in [1.54, 1.807) is 27.7 Å². The highest BCUT2D eigenvalue weighted by atomic mass is 32.1. The number of methoxy groups -OCH3 is 1. The van der Waals surface area contributed by atoms with Crippen molar-refractivity contribution >= 4 is 28.4 Å². The molecule has 106 valence electrons. The second-order valence-electron chi connectivity index (χ2n) is 4.86. The van der Waals surface area contributed by atoms with Crippen molar-refractivity contribution in [3.63, 3.8) is 0 Å². The number of hydrogen-bond acceptors (Lipinski definition) is 7. The summed E-state index contributed by atoms with van der Waals surface area (Å²) in [7, 11) is 1.30. The Morgan fingerprint density at radius 3 is 2.53 bits per heavy atom. The molecule has 6 nitrogen and oxygen atoms in total. The van der Waals surface area contributed by atoms with Crippen molar-refractivity contribution in [2.45, 2.75) is 33.3 Å². The maximum Gasteiger partial charge on any atom is 0.357 e. The zero-order valence-electron chi connectivity index (χ0n) is 11.7. The number of esters is 2. The van der Waals surface area contributed by atoms with Crippen LogP contribution in [-0.4, -0.2) is 36.2 Å². The molecular formula is C12H18N2O4S. The first-order valence-corrected chi connectivity index (χ1v) is 6.56. The minimum atomic E-state index is -0.519. The molecule has 0 aliphatic rings. The number of hydrogen-bond donors (Lipinski definition) is 1. The van der Waals surface area contributed by atoms with Gasteiger partial charge in [-0.25, -0.2) is 9.78 Å². The summed E-state index contributed by atoms with van der Waals surface area (Å²) in [6, 6.07) is 0. The molecule has 0 amide bonds. The lowest BCUT2D eigenvalue weighted by Gasteiger charge is -2.19. The summed E-state index contributed by atoms with van der Waals surface area (Å²) in [5.41, 5.74) is -0.256. The molecule has 0 unspecified atom stereocenters. The Morgan fingerprint density at radius 1 is 1.37 bits per heavy atom. The molecule has 0 atom stereocenters. The van der Waals surface area contributed by atoms with Gasteiger partial charge in [-0.2, -0.15) is 0 Å². The SMILES string of the molecule is COC(=O)c1nc(NCC(=O)OC(C)(C)C)sc1C. The Morgan fingerprint density at radius 2 is 2.00 bits per heavy atom. The first-order valence-electron chi connectivity index (χ1n) is 5.74. The number of thiazole rings is 1. The van der Waals surface area contributed by atoms with E-state index in [1.165, 1.54) is 18.4 Å². The average Bonchev–Trinajstić information content (AvgIpc) is 2.65. The minimum absolute atomic E-state index is 0.00480. The van der Waals surface area contributed by atoms with Crippen molar-refractivity contribution in [3.8, 4) is 0 Å². The van der Waals surface area contributed by atoms with Gasteiger partial charge in [0, 0.05) is 4.88 Å². The first-order chi connectivity index (χ1) is 8.73. The number of nitrogens with one attached hydrogen (secondary N) is 1. The smallest absolute Gasteiger partial charge is 0.357 e.